The number of benzene rings is 1. The highest BCUT2D eigenvalue weighted by Gasteiger charge is 1.97. The van der Waals surface area contributed by atoms with Crippen LogP contribution in [0.15, 0.2) is 28.9 Å². The van der Waals surface area contributed by atoms with E-state index < -0.39 is 0 Å². The maximum absolute atomic E-state index is 12.4. The molecule has 0 fully saturated rings. The maximum atomic E-state index is 12.4. The standard InChI is InChI=1S/C7H4FNO.ClH/c8-6-2-1-5-4-9-10-7(5)3-6;/h1-4H;1H. The first kappa shape index (κ1) is 8.01. The van der Waals surface area contributed by atoms with Gasteiger partial charge in [0.1, 0.15) is 5.82 Å². The Morgan fingerprint density at radius 1 is 1.36 bits per heavy atom. The average molecular weight is 174 g/mol. The molecule has 0 saturated carbocycles. The van der Waals surface area contributed by atoms with E-state index in [4.69, 9.17) is 4.52 Å². The second kappa shape index (κ2) is 2.88. The van der Waals surface area contributed by atoms with Crippen LogP contribution in [0, 0.1) is 5.82 Å². The smallest absolute Gasteiger partial charge is 0.169 e. The van der Waals surface area contributed by atoms with Gasteiger partial charge in [-0.15, -0.1) is 12.4 Å². The molecule has 2 nitrogen and oxygen atoms in total. The van der Waals surface area contributed by atoms with E-state index in [9.17, 15) is 4.39 Å². The quantitative estimate of drug-likeness (QED) is 0.612. The average Bonchev–Trinajstić information content (AvgIpc) is 2.33. The van der Waals surface area contributed by atoms with E-state index >= 15 is 0 Å². The zero-order chi connectivity index (χ0) is 6.97. The summed E-state index contributed by atoms with van der Waals surface area (Å²) in [5.41, 5.74) is 0.486. The molecule has 0 saturated heterocycles. The van der Waals surface area contributed by atoms with Gasteiger partial charge < -0.3 is 4.52 Å². The van der Waals surface area contributed by atoms with Crippen LogP contribution in [0.25, 0.3) is 11.0 Å². The van der Waals surface area contributed by atoms with Crippen molar-refractivity contribution in [2.24, 2.45) is 0 Å². The fourth-order valence-corrected chi connectivity index (χ4v) is 0.834. The molecule has 58 valence electrons. The predicted octanol–water partition coefficient (Wildman–Crippen LogP) is 2.39. The molecule has 1 aromatic carbocycles. The van der Waals surface area contributed by atoms with E-state index in [0.717, 1.165) is 5.39 Å². The van der Waals surface area contributed by atoms with Gasteiger partial charge in [-0.3, -0.25) is 0 Å². The van der Waals surface area contributed by atoms with Crippen molar-refractivity contribution < 1.29 is 8.91 Å². The molecular weight excluding hydrogens is 169 g/mol. The fourth-order valence-electron chi connectivity index (χ4n) is 0.834. The van der Waals surface area contributed by atoms with Crippen molar-refractivity contribution >= 4 is 23.4 Å². The van der Waals surface area contributed by atoms with Crippen molar-refractivity contribution in [3.05, 3.63) is 30.2 Å². The van der Waals surface area contributed by atoms with Crippen molar-refractivity contribution in [2.45, 2.75) is 0 Å². The normalized spacial score (nSPS) is 9.55. The highest BCUT2D eigenvalue weighted by Crippen LogP contribution is 2.13. The van der Waals surface area contributed by atoms with E-state index in [2.05, 4.69) is 5.16 Å². The Hall–Kier alpha value is -1.09. The highest BCUT2D eigenvalue weighted by atomic mass is 35.5. The minimum Gasteiger partial charge on any atom is -0.356 e. The third kappa shape index (κ3) is 1.33. The van der Waals surface area contributed by atoms with Crippen LogP contribution in [0.2, 0.25) is 0 Å². The van der Waals surface area contributed by atoms with Gasteiger partial charge in [0.25, 0.3) is 0 Å². The van der Waals surface area contributed by atoms with Crippen LogP contribution in [0.4, 0.5) is 4.39 Å². The first-order chi connectivity index (χ1) is 4.86. The molecule has 11 heavy (non-hydrogen) atoms. The van der Waals surface area contributed by atoms with Gasteiger partial charge in [0, 0.05) is 11.5 Å². The Bertz CT molecular complexity index is 360. The van der Waals surface area contributed by atoms with Gasteiger partial charge >= 0.3 is 0 Å². The summed E-state index contributed by atoms with van der Waals surface area (Å²) < 4.78 is 17.1. The van der Waals surface area contributed by atoms with E-state index in [1.54, 1.807) is 12.3 Å². The van der Waals surface area contributed by atoms with Crippen LogP contribution in [-0.4, -0.2) is 5.16 Å². The minimum absolute atomic E-state index is 0. The number of aromatic nitrogens is 1. The molecule has 0 bridgehead atoms. The molecule has 0 N–H and O–H groups in total. The Labute approximate surface area is 68.4 Å². The summed E-state index contributed by atoms with van der Waals surface area (Å²) in [6.07, 6.45) is 1.55. The van der Waals surface area contributed by atoms with Crippen molar-refractivity contribution in [3.63, 3.8) is 0 Å². The Balaban J connectivity index is 0.000000605. The van der Waals surface area contributed by atoms with E-state index in [1.165, 1.54) is 12.1 Å². The topological polar surface area (TPSA) is 26.0 Å². The molecule has 0 aliphatic rings. The second-order valence-electron chi connectivity index (χ2n) is 2.01. The first-order valence-corrected chi connectivity index (χ1v) is 2.86. The highest BCUT2D eigenvalue weighted by molar-refractivity contribution is 5.85. The molecule has 0 aliphatic heterocycles. The molecule has 0 aliphatic carbocycles. The monoisotopic (exact) mass is 173 g/mol. The lowest BCUT2D eigenvalue weighted by Gasteiger charge is -1.84. The molecule has 1 heterocycles. The lowest BCUT2D eigenvalue weighted by Crippen LogP contribution is -1.68. The number of halogens is 2. The lowest BCUT2D eigenvalue weighted by molar-refractivity contribution is 0.454. The van der Waals surface area contributed by atoms with Gasteiger partial charge in [-0.2, -0.15) is 0 Å². The van der Waals surface area contributed by atoms with E-state index in [0.29, 0.717) is 5.58 Å². The third-order valence-electron chi connectivity index (χ3n) is 1.32. The minimum atomic E-state index is -0.302. The zero-order valence-corrected chi connectivity index (χ0v) is 6.27. The molecule has 2 rings (SSSR count). The summed E-state index contributed by atoms with van der Waals surface area (Å²) in [6.45, 7) is 0. The molecule has 0 unspecified atom stereocenters. The molecule has 0 atom stereocenters. The van der Waals surface area contributed by atoms with Crippen molar-refractivity contribution in [1.82, 2.24) is 5.16 Å². The Morgan fingerprint density at radius 3 is 3.00 bits per heavy atom. The van der Waals surface area contributed by atoms with Gasteiger partial charge in [0.05, 0.1) is 6.20 Å². The van der Waals surface area contributed by atoms with Gasteiger partial charge in [-0.1, -0.05) is 5.16 Å². The van der Waals surface area contributed by atoms with Gasteiger partial charge in [-0.25, -0.2) is 4.39 Å². The fraction of sp³-hybridized carbons (Fsp3) is 0. The lowest BCUT2D eigenvalue weighted by atomic mass is 10.3. The Morgan fingerprint density at radius 2 is 2.18 bits per heavy atom. The third-order valence-corrected chi connectivity index (χ3v) is 1.32. The molecule has 4 heteroatoms. The number of rotatable bonds is 0. The van der Waals surface area contributed by atoms with Crippen LogP contribution in [0.5, 0.6) is 0 Å². The summed E-state index contributed by atoms with van der Waals surface area (Å²) in [5, 5.41) is 4.32. The van der Waals surface area contributed by atoms with Crippen LogP contribution < -0.4 is 0 Å². The SMILES string of the molecule is Cl.Fc1ccc2cnoc2c1. The largest absolute Gasteiger partial charge is 0.356 e. The van der Waals surface area contributed by atoms with Crippen molar-refractivity contribution in [2.75, 3.05) is 0 Å². The zero-order valence-electron chi connectivity index (χ0n) is 5.45. The molecule has 0 radical (unpaired) electrons. The molecule has 1 aromatic heterocycles. The summed E-state index contributed by atoms with van der Waals surface area (Å²) in [4.78, 5) is 0. The first-order valence-electron chi connectivity index (χ1n) is 2.86. The van der Waals surface area contributed by atoms with Crippen molar-refractivity contribution in [1.29, 1.82) is 0 Å². The van der Waals surface area contributed by atoms with Crippen LogP contribution in [0.1, 0.15) is 0 Å². The summed E-state index contributed by atoms with van der Waals surface area (Å²) >= 11 is 0. The molecule has 0 amide bonds. The number of fused-ring (bicyclic) bond motifs is 1. The predicted molar refractivity (Wildman–Crippen MR) is 41.2 cm³/mol. The van der Waals surface area contributed by atoms with Crippen molar-refractivity contribution in [3.8, 4) is 0 Å². The number of hydrogen-bond donors (Lipinski definition) is 0. The van der Waals surface area contributed by atoms with E-state index in [-0.39, 0.29) is 18.2 Å². The number of hydrogen-bond acceptors (Lipinski definition) is 2. The number of nitrogens with zero attached hydrogens (tertiary/aromatic N) is 1. The van der Waals surface area contributed by atoms with Crippen LogP contribution >= 0.6 is 12.4 Å². The van der Waals surface area contributed by atoms with Crippen LogP contribution in [0.3, 0.4) is 0 Å². The summed E-state index contributed by atoms with van der Waals surface area (Å²) in [7, 11) is 0. The summed E-state index contributed by atoms with van der Waals surface area (Å²) in [6, 6.07) is 4.31. The molecule has 0 spiro atoms. The van der Waals surface area contributed by atoms with Gasteiger partial charge in [-0.05, 0) is 12.1 Å². The maximum Gasteiger partial charge on any atom is 0.169 e. The molecule has 2 aromatic rings. The Kier molecular flexibility index (Phi) is 2.10. The van der Waals surface area contributed by atoms with Gasteiger partial charge in [0.15, 0.2) is 5.58 Å². The second-order valence-corrected chi connectivity index (χ2v) is 2.01. The summed E-state index contributed by atoms with van der Waals surface area (Å²) in [5.74, 6) is -0.302. The van der Waals surface area contributed by atoms with E-state index in [1.807, 2.05) is 0 Å². The molecular formula is C7H5ClFNO. The van der Waals surface area contributed by atoms with Gasteiger partial charge in [0.2, 0.25) is 0 Å². The van der Waals surface area contributed by atoms with Crippen LogP contribution in [-0.2, 0) is 0 Å².